The van der Waals surface area contributed by atoms with Gasteiger partial charge in [0.15, 0.2) is 0 Å². The summed E-state index contributed by atoms with van der Waals surface area (Å²) in [6.45, 7) is 1.78. The van der Waals surface area contributed by atoms with E-state index in [1.807, 2.05) is 0 Å². The molecule has 0 saturated heterocycles. The summed E-state index contributed by atoms with van der Waals surface area (Å²) in [5, 5.41) is 0. The van der Waals surface area contributed by atoms with Crippen LogP contribution in [0.4, 0.5) is 5.69 Å². The number of nitrogens with zero attached hydrogens (tertiary/aromatic N) is 2. The molecule has 0 aliphatic rings. The van der Waals surface area contributed by atoms with Gasteiger partial charge in [-0.05, 0) is 19.1 Å². The second-order valence-electron chi connectivity index (χ2n) is 3.57. The highest BCUT2D eigenvalue weighted by Crippen LogP contribution is 2.25. The van der Waals surface area contributed by atoms with Crippen molar-refractivity contribution in [1.29, 1.82) is 0 Å². The molecule has 0 atom stereocenters. The van der Waals surface area contributed by atoms with Crippen molar-refractivity contribution in [2.45, 2.75) is 11.8 Å². The van der Waals surface area contributed by atoms with Gasteiger partial charge in [-0.25, -0.2) is 4.98 Å². The number of anilines is 1. The smallest absolute Gasteiger partial charge is 0.294 e. The van der Waals surface area contributed by atoms with Crippen molar-refractivity contribution in [1.82, 2.24) is 9.55 Å². The Labute approximate surface area is 92.5 Å². The third-order valence-corrected chi connectivity index (χ3v) is 3.34. The molecule has 86 valence electrons. The van der Waals surface area contributed by atoms with Crippen LogP contribution in [0.3, 0.4) is 0 Å². The molecule has 1 aromatic heterocycles. The Morgan fingerprint density at radius 1 is 1.44 bits per heavy atom. The Balaban J connectivity index is 2.91. The van der Waals surface area contributed by atoms with Gasteiger partial charge >= 0.3 is 0 Å². The topological polar surface area (TPSA) is 98.2 Å². The molecule has 0 aliphatic carbocycles. The van der Waals surface area contributed by atoms with Crippen molar-refractivity contribution in [2.75, 3.05) is 5.73 Å². The number of aryl methyl sites for hydroxylation is 2. The number of imidazole rings is 1. The first-order valence-corrected chi connectivity index (χ1v) is 5.95. The highest BCUT2D eigenvalue weighted by molar-refractivity contribution is 7.85. The van der Waals surface area contributed by atoms with Gasteiger partial charge < -0.3 is 10.3 Å². The van der Waals surface area contributed by atoms with Gasteiger partial charge in [0.05, 0.1) is 16.1 Å². The van der Waals surface area contributed by atoms with Crippen LogP contribution in [0, 0.1) is 6.92 Å². The van der Waals surface area contributed by atoms with Gasteiger partial charge in [-0.15, -0.1) is 0 Å². The van der Waals surface area contributed by atoms with E-state index in [9.17, 15) is 8.42 Å². The Hall–Kier alpha value is -1.60. The van der Waals surface area contributed by atoms with Crippen molar-refractivity contribution in [2.24, 2.45) is 7.05 Å². The van der Waals surface area contributed by atoms with E-state index in [1.54, 1.807) is 18.5 Å². The number of hydrogen-bond donors (Lipinski definition) is 2. The van der Waals surface area contributed by atoms with E-state index < -0.39 is 10.1 Å². The standard InChI is InChI=1S/C9H11N3O3S/c1-5-11-9-7(10)3-6(16(13,14)15)4-8(9)12(5)2/h3-4H,10H2,1-2H3,(H,13,14,15). The van der Waals surface area contributed by atoms with Gasteiger partial charge in [0.2, 0.25) is 0 Å². The van der Waals surface area contributed by atoms with Gasteiger partial charge in [0, 0.05) is 7.05 Å². The highest BCUT2D eigenvalue weighted by Gasteiger charge is 2.15. The predicted molar refractivity (Wildman–Crippen MR) is 59.7 cm³/mol. The molecule has 1 aromatic carbocycles. The second-order valence-corrected chi connectivity index (χ2v) is 4.99. The molecular weight excluding hydrogens is 230 g/mol. The Morgan fingerprint density at radius 2 is 2.06 bits per heavy atom. The van der Waals surface area contributed by atoms with Crippen LogP contribution in [0.1, 0.15) is 5.82 Å². The van der Waals surface area contributed by atoms with E-state index in [1.165, 1.54) is 12.1 Å². The van der Waals surface area contributed by atoms with E-state index >= 15 is 0 Å². The molecule has 3 N–H and O–H groups in total. The van der Waals surface area contributed by atoms with Crippen LogP contribution in [0.5, 0.6) is 0 Å². The maximum atomic E-state index is 11.0. The number of benzene rings is 1. The lowest BCUT2D eigenvalue weighted by Crippen LogP contribution is -2.00. The number of aromatic nitrogens is 2. The van der Waals surface area contributed by atoms with E-state index in [0.717, 1.165) is 0 Å². The zero-order valence-corrected chi connectivity index (χ0v) is 9.61. The first kappa shape index (κ1) is 10.9. The molecule has 2 aromatic rings. The number of hydrogen-bond acceptors (Lipinski definition) is 4. The van der Waals surface area contributed by atoms with Crippen LogP contribution in [0.2, 0.25) is 0 Å². The lowest BCUT2D eigenvalue weighted by atomic mass is 10.3. The monoisotopic (exact) mass is 241 g/mol. The van der Waals surface area contributed by atoms with Gasteiger partial charge in [0.1, 0.15) is 11.3 Å². The predicted octanol–water partition coefficient (Wildman–Crippen LogP) is 0.711. The summed E-state index contributed by atoms with van der Waals surface area (Å²) < 4.78 is 32.7. The van der Waals surface area contributed by atoms with E-state index in [4.69, 9.17) is 10.3 Å². The fourth-order valence-electron chi connectivity index (χ4n) is 1.55. The normalized spacial score (nSPS) is 12.2. The number of rotatable bonds is 1. The van der Waals surface area contributed by atoms with Gasteiger partial charge in [-0.3, -0.25) is 4.55 Å². The van der Waals surface area contributed by atoms with Crippen molar-refractivity contribution in [3.8, 4) is 0 Å². The molecule has 0 spiro atoms. The fourth-order valence-corrected chi connectivity index (χ4v) is 2.09. The SMILES string of the molecule is Cc1nc2c(N)cc(S(=O)(=O)O)cc2n1C. The zero-order chi connectivity index (χ0) is 12.1. The highest BCUT2D eigenvalue weighted by atomic mass is 32.2. The van der Waals surface area contributed by atoms with E-state index in [2.05, 4.69) is 4.98 Å². The first-order valence-electron chi connectivity index (χ1n) is 4.51. The van der Waals surface area contributed by atoms with Crippen LogP contribution in [-0.2, 0) is 17.2 Å². The van der Waals surface area contributed by atoms with Crippen molar-refractivity contribution >= 4 is 26.8 Å². The van der Waals surface area contributed by atoms with Gasteiger partial charge in [0.25, 0.3) is 10.1 Å². The summed E-state index contributed by atoms with van der Waals surface area (Å²) in [6, 6.07) is 2.55. The van der Waals surface area contributed by atoms with Crippen molar-refractivity contribution < 1.29 is 13.0 Å². The van der Waals surface area contributed by atoms with Crippen LogP contribution < -0.4 is 5.73 Å². The van der Waals surface area contributed by atoms with E-state index in [0.29, 0.717) is 16.9 Å². The van der Waals surface area contributed by atoms with E-state index in [-0.39, 0.29) is 10.6 Å². The summed E-state index contributed by atoms with van der Waals surface area (Å²) in [4.78, 5) is 3.98. The lowest BCUT2D eigenvalue weighted by Gasteiger charge is -2.02. The molecule has 0 saturated carbocycles. The summed E-state index contributed by atoms with van der Waals surface area (Å²) in [5.41, 5.74) is 7.02. The molecule has 2 rings (SSSR count). The molecule has 1 heterocycles. The minimum Gasteiger partial charge on any atom is -0.397 e. The minimum atomic E-state index is -4.25. The summed E-state index contributed by atoms with van der Waals surface area (Å²) >= 11 is 0. The Morgan fingerprint density at radius 3 is 2.62 bits per heavy atom. The summed E-state index contributed by atoms with van der Waals surface area (Å²) in [5.74, 6) is 0.717. The van der Waals surface area contributed by atoms with Crippen LogP contribution >= 0.6 is 0 Å². The fraction of sp³-hybridized carbons (Fsp3) is 0.222. The molecule has 0 fully saturated rings. The number of nitrogens with two attached hydrogens (primary N) is 1. The van der Waals surface area contributed by atoms with Gasteiger partial charge in [-0.2, -0.15) is 8.42 Å². The van der Waals surface area contributed by atoms with Crippen molar-refractivity contribution in [3.05, 3.63) is 18.0 Å². The molecule has 7 heteroatoms. The quantitative estimate of drug-likeness (QED) is 0.566. The number of fused-ring (bicyclic) bond motifs is 1. The molecule has 16 heavy (non-hydrogen) atoms. The molecule has 0 unspecified atom stereocenters. The lowest BCUT2D eigenvalue weighted by molar-refractivity contribution is 0.483. The average Bonchev–Trinajstić information content (AvgIpc) is 2.44. The third-order valence-electron chi connectivity index (χ3n) is 2.51. The molecule has 0 bridgehead atoms. The maximum Gasteiger partial charge on any atom is 0.294 e. The van der Waals surface area contributed by atoms with Gasteiger partial charge in [-0.1, -0.05) is 0 Å². The van der Waals surface area contributed by atoms with Crippen LogP contribution in [0.25, 0.3) is 11.0 Å². The minimum absolute atomic E-state index is 0.222. The molecular formula is C9H11N3O3S. The van der Waals surface area contributed by atoms with Crippen molar-refractivity contribution in [3.63, 3.8) is 0 Å². The Kier molecular flexibility index (Phi) is 2.18. The zero-order valence-electron chi connectivity index (χ0n) is 8.80. The Bertz CT molecular complexity index is 673. The molecule has 0 aliphatic heterocycles. The maximum absolute atomic E-state index is 11.0. The number of nitrogen functional groups attached to an aromatic ring is 1. The summed E-state index contributed by atoms with van der Waals surface area (Å²) in [6.07, 6.45) is 0. The third kappa shape index (κ3) is 1.54. The summed E-state index contributed by atoms with van der Waals surface area (Å²) in [7, 11) is -2.50. The largest absolute Gasteiger partial charge is 0.397 e. The molecule has 6 nitrogen and oxygen atoms in total. The van der Waals surface area contributed by atoms with Crippen LogP contribution in [-0.4, -0.2) is 22.5 Å². The molecule has 0 radical (unpaired) electrons. The average molecular weight is 241 g/mol. The van der Waals surface area contributed by atoms with Crippen LogP contribution in [0.15, 0.2) is 17.0 Å². The molecule has 0 amide bonds. The first-order chi connectivity index (χ1) is 7.30. The second kappa shape index (κ2) is 3.19.